The van der Waals surface area contributed by atoms with Gasteiger partial charge in [-0.1, -0.05) is 0 Å². The Bertz CT molecular complexity index is 233. The van der Waals surface area contributed by atoms with Gasteiger partial charge in [-0.2, -0.15) is 0 Å². The summed E-state index contributed by atoms with van der Waals surface area (Å²) in [6.45, 7) is 3.44. The van der Waals surface area contributed by atoms with Crippen LogP contribution in [-0.2, 0) is 9.47 Å². The minimum absolute atomic E-state index is 0.439. The highest BCUT2D eigenvalue weighted by atomic mass is 32.1. The first-order chi connectivity index (χ1) is 8.22. The maximum absolute atomic E-state index is 5.22. The van der Waals surface area contributed by atoms with Gasteiger partial charge in [0.25, 0.3) is 0 Å². The van der Waals surface area contributed by atoms with Gasteiger partial charge in [-0.3, -0.25) is 0 Å². The van der Waals surface area contributed by atoms with Crippen LogP contribution in [0.25, 0.3) is 0 Å². The van der Waals surface area contributed by atoms with Crippen molar-refractivity contribution in [1.82, 2.24) is 10.6 Å². The molecular weight excluding hydrogens is 236 g/mol. The van der Waals surface area contributed by atoms with Gasteiger partial charge in [-0.05, 0) is 43.3 Å². The summed E-state index contributed by atoms with van der Waals surface area (Å²) in [7, 11) is 3.47. The molecule has 0 bridgehead atoms. The number of ether oxygens (including phenoxy) is 2. The molecule has 1 rings (SSSR count). The molecule has 5 heteroatoms. The summed E-state index contributed by atoms with van der Waals surface area (Å²) in [5.74, 6) is 0. The smallest absolute Gasteiger partial charge is 0.166 e. The van der Waals surface area contributed by atoms with E-state index in [1.165, 1.54) is 12.8 Å². The van der Waals surface area contributed by atoms with Gasteiger partial charge in [-0.25, -0.2) is 0 Å². The summed E-state index contributed by atoms with van der Waals surface area (Å²) in [4.78, 5) is 0. The van der Waals surface area contributed by atoms with Gasteiger partial charge in [0.2, 0.25) is 0 Å². The number of hydrogen-bond donors (Lipinski definition) is 2. The standard InChI is InChI=1S/C12H24N2O2S/c1-15-8-3-7-13-11(17)14-10-12(4-5-12)6-9-16-2/h3-10H2,1-2H3,(H2,13,14,17). The van der Waals surface area contributed by atoms with E-state index in [2.05, 4.69) is 10.6 Å². The molecule has 2 N–H and O–H groups in total. The Morgan fingerprint density at radius 1 is 1.18 bits per heavy atom. The molecule has 0 unspecified atom stereocenters. The molecule has 1 aliphatic rings. The van der Waals surface area contributed by atoms with Crippen molar-refractivity contribution in [3.05, 3.63) is 0 Å². The van der Waals surface area contributed by atoms with Crippen LogP contribution < -0.4 is 10.6 Å². The molecule has 0 aliphatic heterocycles. The zero-order valence-electron chi connectivity index (χ0n) is 10.9. The van der Waals surface area contributed by atoms with Crippen LogP contribution in [0.3, 0.4) is 0 Å². The molecule has 1 saturated carbocycles. The lowest BCUT2D eigenvalue weighted by molar-refractivity contribution is 0.172. The molecule has 0 aromatic rings. The number of thiocarbonyl (C=S) groups is 1. The summed E-state index contributed by atoms with van der Waals surface area (Å²) >= 11 is 5.22. The highest BCUT2D eigenvalue weighted by molar-refractivity contribution is 7.80. The molecule has 0 atom stereocenters. The molecule has 1 aliphatic carbocycles. The van der Waals surface area contributed by atoms with Crippen molar-refractivity contribution in [3.63, 3.8) is 0 Å². The normalized spacial score (nSPS) is 16.6. The van der Waals surface area contributed by atoms with Gasteiger partial charge < -0.3 is 20.1 Å². The second-order valence-corrected chi connectivity index (χ2v) is 5.11. The van der Waals surface area contributed by atoms with Gasteiger partial charge >= 0.3 is 0 Å². The predicted molar refractivity (Wildman–Crippen MR) is 73.3 cm³/mol. The highest BCUT2D eigenvalue weighted by Gasteiger charge is 2.41. The Balaban J connectivity index is 2.03. The molecule has 17 heavy (non-hydrogen) atoms. The zero-order chi connectivity index (χ0) is 12.6. The first-order valence-electron chi connectivity index (χ1n) is 6.22. The fourth-order valence-corrected chi connectivity index (χ4v) is 1.93. The van der Waals surface area contributed by atoms with Gasteiger partial charge in [-0.15, -0.1) is 0 Å². The first-order valence-corrected chi connectivity index (χ1v) is 6.63. The molecule has 0 aromatic heterocycles. The number of hydrogen-bond acceptors (Lipinski definition) is 3. The second kappa shape index (κ2) is 7.84. The minimum atomic E-state index is 0.439. The molecule has 4 nitrogen and oxygen atoms in total. The van der Waals surface area contributed by atoms with Gasteiger partial charge in [0.1, 0.15) is 0 Å². The topological polar surface area (TPSA) is 42.5 Å². The quantitative estimate of drug-likeness (QED) is 0.483. The molecule has 0 aromatic carbocycles. The Morgan fingerprint density at radius 3 is 2.47 bits per heavy atom. The lowest BCUT2D eigenvalue weighted by Gasteiger charge is -2.17. The molecule has 0 saturated heterocycles. The van der Waals surface area contributed by atoms with Crippen molar-refractivity contribution < 1.29 is 9.47 Å². The van der Waals surface area contributed by atoms with Crippen LogP contribution in [0.5, 0.6) is 0 Å². The third-order valence-electron chi connectivity index (χ3n) is 3.23. The second-order valence-electron chi connectivity index (χ2n) is 4.70. The number of nitrogens with one attached hydrogen (secondary N) is 2. The first kappa shape index (κ1) is 14.7. The molecular formula is C12H24N2O2S. The van der Waals surface area contributed by atoms with E-state index in [9.17, 15) is 0 Å². The summed E-state index contributed by atoms with van der Waals surface area (Å²) in [6.07, 6.45) is 4.68. The van der Waals surface area contributed by atoms with Crippen LogP contribution in [0, 0.1) is 5.41 Å². The van der Waals surface area contributed by atoms with E-state index in [4.69, 9.17) is 21.7 Å². The third-order valence-corrected chi connectivity index (χ3v) is 3.52. The molecule has 1 fully saturated rings. The van der Waals surface area contributed by atoms with Gasteiger partial charge in [0, 0.05) is 40.5 Å². The maximum atomic E-state index is 5.22. The Kier molecular flexibility index (Phi) is 6.77. The maximum Gasteiger partial charge on any atom is 0.166 e. The fourth-order valence-electron chi connectivity index (χ4n) is 1.76. The average Bonchev–Trinajstić information content (AvgIpc) is 3.10. The third kappa shape index (κ3) is 6.19. The lowest BCUT2D eigenvalue weighted by atomic mass is 10.0. The fraction of sp³-hybridized carbons (Fsp3) is 0.917. The number of rotatable bonds is 9. The Morgan fingerprint density at radius 2 is 1.88 bits per heavy atom. The van der Waals surface area contributed by atoms with E-state index in [0.29, 0.717) is 5.41 Å². The van der Waals surface area contributed by atoms with Crippen LogP contribution in [0.2, 0.25) is 0 Å². The number of methoxy groups -OCH3 is 2. The minimum Gasteiger partial charge on any atom is -0.385 e. The Hall–Kier alpha value is -0.390. The lowest BCUT2D eigenvalue weighted by Crippen LogP contribution is -2.39. The van der Waals surface area contributed by atoms with Crippen LogP contribution >= 0.6 is 12.2 Å². The SMILES string of the molecule is COCCCNC(=S)NCC1(CCOC)CC1. The highest BCUT2D eigenvalue weighted by Crippen LogP contribution is 2.48. The van der Waals surface area contributed by atoms with Crippen LogP contribution in [0.4, 0.5) is 0 Å². The van der Waals surface area contributed by atoms with Crippen molar-refractivity contribution in [2.24, 2.45) is 5.41 Å². The van der Waals surface area contributed by atoms with Gasteiger partial charge in [0.15, 0.2) is 5.11 Å². The van der Waals surface area contributed by atoms with Crippen molar-refractivity contribution in [2.45, 2.75) is 25.7 Å². The van der Waals surface area contributed by atoms with Crippen molar-refractivity contribution in [1.29, 1.82) is 0 Å². The van der Waals surface area contributed by atoms with Crippen LogP contribution in [-0.4, -0.2) is 45.6 Å². The van der Waals surface area contributed by atoms with Crippen molar-refractivity contribution >= 4 is 17.3 Å². The monoisotopic (exact) mass is 260 g/mol. The van der Waals surface area contributed by atoms with E-state index in [1.807, 2.05) is 0 Å². The largest absolute Gasteiger partial charge is 0.385 e. The van der Waals surface area contributed by atoms with Crippen molar-refractivity contribution in [2.75, 3.05) is 40.5 Å². The van der Waals surface area contributed by atoms with Crippen LogP contribution in [0.15, 0.2) is 0 Å². The van der Waals surface area contributed by atoms with E-state index < -0.39 is 0 Å². The molecule has 0 radical (unpaired) electrons. The summed E-state index contributed by atoms with van der Waals surface area (Å²) in [5, 5.41) is 7.23. The Labute approximate surface area is 109 Å². The summed E-state index contributed by atoms with van der Waals surface area (Å²) in [5.41, 5.74) is 0.439. The van der Waals surface area contributed by atoms with Crippen molar-refractivity contribution in [3.8, 4) is 0 Å². The average molecular weight is 260 g/mol. The van der Waals surface area contributed by atoms with E-state index in [-0.39, 0.29) is 0 Å². The predicted octanol–water partition coefficient (Wildman–Crippen LogP) is 1.30. The van der Waals surface area contributed by atoms with E-state index >= 15 is 0 Å². The zero-order valence-corrected chi connectivity index (χ0v) is 11.7. The molecule has 0 amide bonds. The summed E-state index contributed by atoms with van der Waals surface area (Å²) in [6, 6.07) is 0. The molecule has 100 valence electrons. The van der Waals surface area contributed by atoms with Crippen LogP contribution in [0.1, 0.15) is 25.7 Å². The molecule has 0 heterocycles. The van der Waals surface area contributed by atoms with E-state index in [0.717, 1.165) is 44.3 Å². The molecule has 0 spiro atoms. The van der Waals surface area contributed by atoms with E-state index in [1.54, 1.807) is 14.2 Å². The van der Waals surface area contributed by atoms with Gasteiger partial charge in [0.05, 0.1) is 0 Å². The summed E-state index contributed by atoms with van der Waals surface area (Å²) < 4.78 is 10.1.